The van der Waals surface area contributed by atoms with Gasteiger partial charge in [-0.1, -0.05) is 12.1 Å². The van der Waals surface area contributed by atoms with Crippen LogP contribution in [-0.4, -0.2) is 38.0 Å². The summed E-state index contributed by atoms with van der Waals surface area (Å²) in [5, 5.41) is 3.32. The number of methoxy groups -OCH3 is 1. The number of carbonyl (C=O) groups is 1. The minimum absolute atomic E-state index is 0.209. The molecule has 1 saturated heterocycles. The van der Waals surface area contributed by atoms with Gasteiger partial charge in [-0.05, 0) is 43.6 Å². The summed E-state index contributed by atoms with van der Waals surface area (Å²) < 4.78 is 16.7. The zero-order chi connectivity index (χ0) is 16.8. The first-order chi connectivity index (χ1) is 11.8. The number of ether oxygens (including phenoxy) is 3. The maximum atomic E-state index is 12.4. The molecule has 6 heteroatoms. The Hall–Kier alpha value is -1.66. The van der Waals surface area contributed by atoms with Crippen LogP contribution in [0, 0.1) is 0 Å². The van der Waals surface area contributed by atoms with Gasteiger partial charge >= 0.3 is 5.97 Å². The number of benzene rings is 1. The number of carbonyl (C=O) groups excluding carboxylic acids is 1. The molecule has 0 amide bonds. The minimum atomic E-state index is -0.288. The fourth-order valence-corrected chi connectivity index (χ4v) is 3.80. The lowest BCUT2D eigenvalue weighted by Gasteiger charge is -2.24. The van der Waals surface area contributed by atoms with Crippen molar-refractivity contribution in [3.63, 3.8) is 0 Å². The second kappa shape index (κ2) is 8.44. The highest BCUT2D eigenvalue weighted by molar-refractivity contribution is 8.04. The molecule has 0 spiro atoms. The second-order valence-electron chi connectivity index (χ2n) is 5.85. The van der Waals surface area contributed by atoms with Crippen molar-refractivity contribution in [1.82, 2.24) is 5.32 Å². The zero-order valence-electron chi connectivity index (χ0n) is 13.9. The normalized spacial score (nSPS) is 18.5. The third-order valence-corrected chi connectivity index (χ3v) is 5.20. The topological polar surface area (TPSA) is 56.8 Å². The molecule has 2 aliphatic rings. The third-order valence-electron chi connectivity index (χ3n) is 4.11. The zero-order valence-corrected chi connectivity index (χ0v) is 14.7. The maximum absolute atomic E-state index is 12.4. The molecule has 1 fully saturated rings. The first kappa shape index (κ1) is 17.2. The van der Waals surface area contributed by atoms with Crippen molar-refractivity contribution < 1.29 is 19.0 Å². The third kappa shape index (κ3) is 4.45. The summed E-state index contributed by atoms with van der Waals surface area (Å²) in [6, 6.07) is 7.54. The number of esters is 1. The molecular formula is C18H23NO4S. The summed E-state index contributed by atoms with van der Waals surface area (Å²) in [7, 11) is 1.62. The minimum Gasteiger partial charge on any atom is -0.497 e. The molecular weight excluding hydrogens is 326 g/mol. The quantitative estimate of drug-likeness (QED) is 0.797. The Bertz CT molecular complexity index is 611. The van der Waals surface area contributed by atoms with E-state index in [1.807, 2.05) is 24.3 Å². The van der Waals surface area contributed by atoms with E-state index >= 15 is 0 Å². The molecule has 2 heterocycles. The summed E-state index contributed by atoms with van der Waals surface area (Å²) in [6.07, 6.45) is 2.99. The summed E-state index contributed by atoms with van der Waals surface area (Å²) in [6.45, 7) is 2.18. The van der Waals surface area contributed by atoms with E-state index in [1.54, 1.807) is 7.11 Å². The fourth-order valence-electron chi connectivity index (χ4n) is 2.82. The highest BCUT2D eigenvalue weighted by Crippen LogP contribution is 2.34. The Balaban J connectivity index is 1.58. The molecule has 0 unspecified atom stereocenters. The van der Waals surface area contributed by atoms with Gasteiger partial charge in [0.25, 0.3) is 0 Å². The average Bonchev–Trinajstić information content (AvgIpc) is 3.09. The van der Waals surface area contributed by atoms with Crippen LogP contribution >= 0.6 is 11.8 Å². The number of allylic oxidation sites excluding steroid dienone is 1. The van der Waals surface area contributed by atoms with Crippen LogP contribution in [0.4, 0.5) is 0 Å². The molecule has 0 aliphatic carbocycles. The SMILES string of the molecule is COc1cccc(COC(=O)C2=C(OC3CCNCC3)CCS2)c1. The molecule has 1 aromatic rings. The lowest BCUT2D eigenvalue weighted by atomic mass is 10.1. The van der Waals surface area contributed by atoms with Crippen LogP contribution in [0.5, 0.6) is 5.75 Å². The molecule has 1 aromatic carbocycles. The van der Waals surface area contributed by atoms with E-state index in [2.05, 4.69) is 5.32 Å². The lowest BCUT2D eigenvalue weighted by molar-refractivity contribution is -0.139. The van der Waals surface area contributed by atoms with Gasteiger partial charge in [-0.3, -0.25) is 0 Å². The van der Waals surface area contributed by atoms with Crippen molar-refractivity contribution in [2.45, 2.75) is 32.0 Å². The molecule has 0 radical (unpaired) electrons. The Morgan fingerprint density at radius 2 is 2.17 bits per heavy atom. The first-order valence-corrected chi connectivity index (χ1v) is 9.28. The second-order valence-corrected chi connectivity index (χ2v) is 6.95. The van der Waals surface area contributed by atoms with E-state index < -0.39 is 0 Å². The molecule has 0 bridgehead atoms. The van der Waals surface area contributed by atoms with E-state index in [0.717, 1.165) is 55.2 Å². The molecule has 0 aromatic heterocycles. The Labute approximate surface area is 146 Å². The standard InChI is InChI=1S/C18H23NO4S/c1-21-15-4-2-3-13(11-15)12-22-18(20)17-16(7-10-24-17)23-14-5-8-19-9-6-14/h2-4,11,14,19H,5-10,12H2,1H3. The predicted molar refractivity (Wildman–Crippen MR) is 93.9 cm³/mol. The van der Waals surface area contributed by atoms with E-state index in [-0.39, 0.29) is 18.7 Å². The van der Waals surface area contributed by atoms with Crippen LogP contribution in [0.1, 0.15) is 24.8 Å². The van der Waals surface area contributed by atoms with Crippen LogP contribution in [0.2, 0.25) is 0 Å². The van der Waals surface area contributed by atoms with Gasteiger partial charge < -0.3 is 19.5 Å². The van der Waals surface area contributed by atoms with Gasteiger partial charge in [-0.25, -0.2) is 4.79 Å². The van der Waals surface area contributed by atoms with Crippen LogP contribution < -0.4 is 10.1 Å². The number of piperidine rings is 1. The van der Waals surface area contributed by atoms with Gasteiger partial charge in [0.1, 0.15) is 29.1 Å². The van der Waals surface area contributed by atoms with Crippen molar-refractivity contribution in [1.29, 1.82) is 0 Å². The Morgan fingerprint density at radius 3 is 2.96 bits per heavy atom. The van der Waals surface area contributed by atoms with E-state index in [4.69, 9.17) is 14.2 Å². The number of nitrogens with one attached hydrogen (secondary N) is 1. The van der Waals surface area contributed by atoms with Crippen LogP contribution in [-0.2, 0) is 20.9 Å². The van der Waals surface area contributed by atoms with Crippen molar-refractivity contribution in [2.24, 2.45) is 0 Å². The molecule has 130 valence electrons. The van der Waals surface area contributed by atoms with Crippen molar-refractivity contribution >= 4 is 17.7 Å². The van der Waals surface area contributed by atoms with Gasteiger partial charge in [0, 0.05) is 12.2 Å². The van der Waals surface area contributed by atoms with E-state index in [1.165, 1.54) is 11.8 Å². The van der Waals surface area contributed by atoms with Gasteiger partial charge in [-0.15, -0.1) is 11.8 Å². The number of hydrogen-bond donors (Lipinski definition) is 1. The van der Waals surface area contributed by atoms with Crippen molar-refractivity contribution in [3.8, 4) is 5.75 Å². The summed E-state index contributed by atoms with van der Waals surface area (Å²) in [5.41, 5.74) is 0.909. The fraction of sp³-hybridized carbons (Fsp3) is 0.500. The molecule has 3 rings (SSSR count). The molecule has 0 saturated carbocycles. The van der Waals surface area contributed by atoms with Crippen molar-refractivity contribution in [2.75, 3.05) is 26.0 Å². The Kier molecular flexibility index (Phi) is 6.04. The van der Waals surface area contributed by atoms with Gasteiger partial charge in [-0.2, -0.15) is 0 Å². The van der Waals surface area contributed by atoms with Gasteiger partial charge in [0.15, 0.2) is 0 Å². The molecule has 2 aliphatic heterocycles. The van der Waals surface area contributed by atoms with Gasteiger partial charge in [0.2, 0.25) is 0 Å². The van der Waals surface area contributed by atoms with Crippen LogP contribution in [0.25, 0.3) is 0 Å². The molecule has 0 atom stereocenters. The Morgan fingerprint density at radius 1 is 1.33 bits per heavy atom. The number of hydrogen-bond acceptors (Lipinski definition) is 6. The highest BCUT2D eigenvalue weighted by Gasteiger charge is 2.27. The molecule has 1 N–H and O–H groups in total. The summed E-state index contributed by atoms with van der Waals surface area (Å²) >= 11 is 1.53. The number of thioether (sulfide) groups is 1. The molecule has 5 nitrogen and oxygen atoms in total. The maximum Gasteiger partial charge on any atom is 0.348 e. The van der Waals surface area contributed by atoms with Crippen molar-refractivity contribution in [3.05, 3.63) is 40.5 Å². The molecule has 24 heavy (non-hydrogen) atoms. The van der Waals surface area contributed by atoms with Crippen LogP contribution in [0.15, 0.2) is 34.9 Å². The number of rotatable bonds is 6. The summed E-state index contributed by atoms with van der Waals surface area (Å²) in [5.74, 6) is 2.16. The average molecular weight is 349 g/mol. The first-order valence-electron chi connectivity index (χ1n) is 8.29. The predicted octanol–water partition coefficient (Wildman–Crippen LogP) is 2.86. The van der Waals surface area contributed by atoms with Crippen LogP contribution in [0.3, 0.4) is 0 Å². The summed E-state index contributed by atoms with van der Waals surface area (Å²) in [4.78, 5) is 13.0. The monoisotopic (exact) mass is 349 g/mol. The smallest absolute Gasteiger partial charge is 0.348 e. The highest BCUT2D eigenvalue weighted by atomic mass is 32.2. The van der Waals surface area contributed by atoms with E-state index in [9.17, 15) is 4.79 Å². The lowest BCUT2D eigenvalue weighted by Crippen LogP contribution is -2.32. The largest absolute Gasteiger partial charge is 0.497 e. The van der Waals surface area contributed by atoms with Gasteiger partial charge in [0.05, 0.1) is 7.11 Å². The van der Waals surface area contributed by atoms with E-state index in [0.29, 0.717) is 4.91 Å².